The van der Waals surface area contributed by atoms with Gasteiger partial charge in [-0.1, -0.05) is 26.3 Å². The van der Waals surface area contributed by atoms with Crippen LogP contribution >= 0.6 is 0 Å². The standard InChI is InChI=1S/C14H21FN2/c1-14(2,10-5-3-6-10)9-17-13-11(15)7-4-8-12(13)16/h4,7-8,10,17H,3,5-6,9,16H2,1-2H3. The summed E-state index contributed by atoms with van der Waals surface area (Å²) in [4.78, 5) is 0. The SMILES string of the molecule is CC(C)(CNc1c(N)cccc1F)C1CCC1. The number of benzene rings is 1. The van der Waals surface area contributed by atoms with Gasteiger partial charge in [-0.3, -0.25) is 0 Å². The number of para-hydroxylation sites is 1. The van der Waals surface area contributed by atoms with Gasteiger partial charge in [0.05, 0.1) is 11.4 Å². The van der Waals surface area contributed by atoms with E-state index in [1.54, 1.807) is 12.1 Å². The number of hydrogen-bond donors (Lipinski definition) is 2. The first-order valence-corrected chi connectivity index (χ1v) is 6.28. The third-order valence-electron chi connectivity index (χ3n) is 3.98. The van der Waals surface area contributed by atoms with E-state index in [1.807, 2.05) is 0 Å². The summed E-state index contributed by atoms with van der Waals surface area (Å²) >= 11 is 0. The van der Waals surface area contributed by atoms with Crippen LogP contribution in [0.1, 0.15) is 33.1 Å². The van der Waals surface area contributed by atoms with E-state index >= 15 is 0 Å². The Labute approximate surface area is 102 Å². The van der Waals surface area contributed by atoms with Crippen LogP contribution in [-0.4, -0.2) is 6.54 Å². The van der Waals surface area contributed by atoms with E-state index in [2.05, 4.69) is 19.2 Å². The summed E-state index contributed by atoms with van der Waals surface area (Å²) in [5, 5.41) is 3.17. The van der Waals surface area contributed by atoms with Crippen LogP contribution in [0.5, 0.6) is 0 Å². The van der Waals surface area contributed by atoms with Crippen molar-refractivity contribution in [1.82, 2.24) is 0 Å². The lowest BCUT2D eigenvalue weighted by Crippen LogP contribution is -2.36. The Hall–Kier alpha value is -1.25. The van der Waals surface area contributed by atoms with Crippen molar-refractivity contribution in [2.75, 3.05) is 17.6 Å². The number of rotatable bonds is 4. The first-order valence-electron chi connectivity index (χ1n) is 6.28. The van der Waals surface area contributed by atoms with Crippen molar-refractivity contribution in [2.24, 2.45) is 11.3 Å². The van der Waals surface area contributed by atoms with Gasteiger partial charge in [-0.25, -0.2) is 4.39 Å². The van der Waals surface area contributed by atoms with Crippen LogP contribution in [0.4, 0.5) is 15.8 Å². The predicted molar refractivity (Wildman–Crippen MR) is 70.4 cm³/mol. The van der Waals surface area contributed by atoms with Crippen LogP contribution < -0.4 is 11.1 Å². The van der Waals surface area contributed by atoms with Gasteiger partial charge in [0.2, 0.25) is 0 Å². The monoisotopic (exact) mass is 236 g/mol. The summed E-state index contributed by atoms with van der Waals surface area (Å²) in [7, 11) is 0. The summed E-state index contributed by atoms with van der Waals surface area (Å²) in [6, 6.07) is 4.80. The summed E-state index contributed by atoms with van der Waals surface area (Å²) in [5.41, 5.74) is 6.90. The second kappa shape index (κ2) is 4.55. The molecule has 0 radical (unpaired) electrons. The number of hydrogen-bond acceptors (Lipinski definition) is 2. The minimum absolute atomic E-state index is 0.201. The Kier molecular flexibility index (Phi) is 3.27. The molecule has 0 spiro atoms. The molecule has 1 aromatic rings. The Morgan fingerprint density at radius 3 is 2.65 bits per heavy atom. The zero-order valence-electron chi connectivity index (χ0n) is 10.6. The van der Waals surface area contributed by atoms with Crippen molar-refractivity contribution < 1.29 is 4.39 Å². The second-order valence-corrected chi connectivity index (χ2v) is 5.67. The zero-order chi connectivity index (χ0) is 12.5. The molecular weight excluding hydrogens is 215 g/mol. The smallest absolute Gasteiger partial charge is 0.148 e. The summed E-state index contributed by atoms with van der Waals surface area (Å²) < 4.78 is 13.6. The van der Waals surface area contributed by atoms with Gasteiger partial charge in [-0.15, -0.1) is 0 Å². The minimum Gasteiger partial charge on any atom is -0.397 e. The average Bonchev–Trinajstić information content (AvgIpc) is 2.13. The largest absolute Gasteiger partial charge is 0.397 e. The molecule has 0 aromatic heterocycles. The van der Waals surface area contributed by atoms with Crippen LogP contribution in [0.3, 0.4) is 0 Å². The molecule has 0 heterocycles. The van der Waals surface area contributed by atoms with Gasteiger partial charge in [-0.2, -0.15) is 0 Å². The van der Waals surface area contributed by atoms with E-state index in [0.29, 0.717) is 11.4 Å². The van der Waals surface area contributed by atoms with E-state index in [1.165, 1.54) is 25.3 Å². The van der Waals surface area contributed by atoms with Crippen molar-refractivity contribution in [3.8, 4) is 0 Å². The van der Waals surface area contributed by atoms with E-state index in [9.17, 15) is 4.39 Å². The van der Waals surface area contributed by atoms with Gasteiger partial charge in [0.25, 0.3) is 0 Å². The molecule has 0 saturated heterocycles. The fraction of sp³-hybridized carbons (Fsp3) is 0.571. The molecule has 2 rings (SSSR count). The third kappa shape index (κ3) is 2.54. The van der Waals surface area contributed by atoms with Crippen LogP contribution in [0.15, 0.2) is 18.2 Å². The van der Waals surface area contributed by atoms with Crippen LogP contribution in [-0.2, 0) is 0 Å². The van der Waals surface area contributed by atoms with E-state index in [0.717, 1.165) is 12.5 Å². The highest BCUT2D eigenvalue weighted by Crippen LogP contribution is 2.41. The number of anilines is 2. The summed E-state index contributed by atoms with van der Waals surface area (Å²) in [6.45, 7) is 5.24. The Bertz CT molecular complexity index is 377. The van der Waals surface area contributed by atoms with Crippen molar-refractivity contribution in [3.05, 3.63) is 24.0 Å². The van der Waals surface area contributed by atoms with Gasteiger partial charge in [0, 0.05) is 6.54 Å². The molecule has 1 aliphatic rings. The molecule has 1 aliphatic carbocycles. The first kappa shape index (κ1) is 12.2. The molecule has 0 aliphatic heterocycles. The number of nitrogens with one attached hydrogen (secondary N) is 1. The second-order valence-electron chi connectivity index (χ2n) is 5.67. The van der Waals surface area contributed by atoms with Gasteiger partial charge in [-0.05, 0) is 36.3 Å². The van der Waals surface area contributed by atoms with Crippen molar-refractivity contribution >= 4 is 11.4 Å². The van der Waals surface area contributed by atoms with E-state index < -0.39 is 0 Å². The molecule has 1 aromatic carbocycles. The Morgan fingerprint density at radius 2 is 2.12 bits per heavy atom. The molecule has 94 valence electrons. The molecule has 3 N–H and O–H groups in total. The quantitative estimate of drug-likeness (QED) is 0.783. The lowest BCUT2D eigenvalue weighted by Gasteiger charge is -2.40. The molecule has 1 saturated carbocycles. The van der Waals surface area contributed by atoms with Gasteiger partial charge < -0.3 is 11.1 Å². The zero-order valence-corrected chi connectivity index (χ0v) is 10.6. The molecule has 3 heteroatoms. The summed E-state index contributed by atoms with van der Waals surface area (Å²) in [5.74, 6) is 0.484. The van der Waals surface area contributed by atoms with Crippen LogP contribution in [0.2, 0.25) is 0 Å². The fourth-order valence-corrected chi connectivity index (χ4v) is 2.38. The van der Waals surface area contributed by atoms with E-state index in [-0.39, 0.29) is 11.2 Å². The lowest BCUT2D eigenvalue weighted by atomic mass is 9.67. The molecule has 0 amide bonds. The molecular formula is C14H21FN2. The maximum absolute atomic E-state index is 13.6. The normalized spacial score (nSPS) is 16.6. The van der Waals surface area contributed by atoms with Gasteiger partial charge >= 0.3 is 0 Å². The van der Waals surface area contributed by atoms with Crippen LogP contribution in [0, 0.1) is 17.2 Å². The topological polar surface area (TPSA) is 38.0 Å². The van der Waals surface area contributed by atoms with Crippen LogP contribution in [0.25, 0.3) is 0 Å². The highest BCUT2D eigenvalue weighted by Gasteiger charge is 2.33. The van der Waals surface area contributed by atoms with Gasteiger partial charge in [0.15, 0.2) is 0 Å². The molecule has 1 fully saturated rings. The minimum atomic E-state index is -0.269. The predicted octanol–water partition coefficient (Wildman–Crippen LogP) is 3.65. The maximum atomic E-state index is 13.6. The number of nitrogens with two attached hydrogens (primary N) is 1. The molecule has 17 heavy (non-hydrogen) atoms. The molecule has 0 unspecified atom stereocenters. The van der Waals surface area contributed by atoms with Crippen molar-refractivity contribution in [1.29, 1.82) is 0 Å². The molecule has 0 bridgehead atoms. The average molecular weight is 236 g/mol. The maximum Gasteiger partial charge on any atom is 0.148 e. The molecule has 0 atom stereocenters. The van der Waals surface area contributed by atoms with Crippen molar-refractivity contribution in [3.63, 3.8) is 0 Å². The van der Waals surface area contributed by atoms with Gasteiger partial charge in [0.1, 0.15) is 5.82 Å². The highest BCUT2D eigenvalue weighted by atomic mass is 19.1. The molecule has 2 nitrogen and oxygen atoms in total. The van der Waals surface area contributed by atoms with E-state index in [4.69, 9.17) is 5.73 Å². The van der Waals surface area contributed by atoms with Crippen molar-refractivity contribution in [2.45, 2.75) is 33.1 Å². The number of nitrogen functional groups attached to an aromatic ring is 1. The summed E-state index contributed by atoms with van der Waals surface area (Å²) in [6.07, 6.45) is 3.92. The fourth-order valence-electron chi connectivity index (χ4n) is 2.38. The Balaban J connectivity index is 2.01. The lowest BCUT2D eigenvalue weighted by molar-refractivity contribution is 0.134. The first-order chi connectivity index (χ1) is 8.00. The Morgan fingerprint density at radius 1 is 1.41 bits per heavy atom. The highest BCUT2D eigenvalue weighted by molar-refractivity contribution is 5.66. The number of halogens is 1. The third-order valence-corrected chi connectivity index (χ3v) is 3.98.